The first kappa shape index (κ1) is 33.2. The summed E-state index contributed by atoms with van der Waals surface area (Å²) in [6, 6.07) is 29.1. The molecule has 0 bridgehead atoms. The molecule has 1 amide bonds. The molecule has 0 spiro atoms. The number of nitrogens with zero attached hydrogens (tertiary/aromatic N) is 2. The summed E-state index contributed by atoms with van der Waals surface area (Å²) in [7, 11) is 1.63. The van der Waals surface area contributed by atoms with Gasteiger partial charge in [-0.2, -0.15) is 0 Å². The minimum absolute atomic E-state index is 0.174. The SMILES string of the molecule is COc1ccc(C(=O)N(Cc2ccc(C)cc2)c2cnc3cc(OC4OC(C)(C)[C@H](C)[C@H](O)[C@@H]4O)ccc3c2)cc1-c1cccc(C)c1. The van der Waals surface area contributed by atoms with E-state index in [1.54, 1.807) is 36.4 Å². The zero-order valence-electron chi connectivity index (χ0n) is 28.2. The number of hydrogen-bond acceptors (Lipinski definition) is 7. The standard InChI is InChI=1S/C40H42N2O6/c1-24-10-12-27(13-11-24)23-42(38(45)30-15-17-35(46-6)33(20-30)28-9-7-8-25(2)18-28)31-19-29-14-16-32(21-34(29)41-22-31)47-39-37(44)36(43)26(3)40(4,5)48-39/h7-22,26,36-37,39,43-44H,23H2,1-6H3/t26-,36+,37+,39?/m1/s1. The fraction of sp³-hybridized carbons (Fsp3) is 0.300. The van der Waals surface area contributed by atoms with Gasteiger partial charge in [0.1, 0.15) is 17.6 Å². The molecular weight excluding hydrogens is 604 g/mol. The van der Waals surface area contributed by atoms with Crippen LogP contribution in [0.25, 0.3) is 22.0 Å². The number of rotatable bonds is 8. The van der Waals surface area contributed by atoms with Crippen LogP contribution in [-0.2, 0) is 11.3 Å². The summed E-state index contributed by atoms with van der Waals surface area (Å²) in [6.07, 6.45) is -1.55. The minimum Gasteiger partial charge on any atom is -0.496 e. The number of carbonyl (C=O) groups excluding carboxylic acids is 1. The minimum atomic E-state index is -1.20. The number of carbonyl (C=O) groups is 1. The van der Waals surface area contributed by atoms with Gasteiger partial charge < -0.3 is 29.3 Å². The molecule has 1 saturated heterocycles. The van der Waals surface area contributed by atoms with E-state index in [-0.39, 0.29) is 11.8 Å². The van der Waals surface area contributed by atoms with Crippen molar-refractivity contribution in [3.05, 3.63) is 119 Å². The van der Waals surface area contributed by atoms with E-state index in [2.05, 4.69) is 6.07 Å². The highest BCUT2D eigenvalue weighted by molar-refractivity contribution is 6.07. The summed E-state index contributed by atoms with van der Waals surface area (Å²) in [5.74, 6) is 0.680. The largest absolute Gasteiger partial charge is 0.496 e. The lowest BCUT2D eigenvalue weighted by Gasteiger charge is -2.46. The van der Waals surface area contributed by atoms with Crippen LogP contribution in [0.1, 0.15) is 47.8 Å². The van der Waals surface area contributed by atoms with Gasteiger partial charge >= 0.3 is 0 Å². The fourth-order valence-electron chi connectivity index (χ4n) is 6.07. The molecule has 0 radical (unpaired) electrons. The molecule has 48 heavy (non-hydrogen) atoms. The van der Waals surface area contributed by atoms with E-state index in [0.717, 1.165) is 33.2 Å². The molecule has 2 N–H and O–H groups in total. The van der Waals surface area contributed by atoms with Crippen molar-refractivity contribution in [2.45, 2.75) is 65.3 Å². The van der Waals surface area contributed by atoms with Crippen molar-refractivity contribution in [3.8, 4) is 22.6 Å². The van der Waals surface area contributed by atoms with Crippen LogP contribution in [0.5, 0.6) is 11.5 Å². The Bertz CT molecular complexity index is 1940. The van der Waals surface area contributed by atoms with Crippen molar-refractivity contribution < 1.29 is 29.2 Å². The number of aromatic nitrogens is 1. The molecule has 5 aromatic rings. The molecule has 0 aliphatic carbocycles. The molecule has 1 fully saturated rings. The van der Waals surface area contributed by atoms with Gasteiger partial charge in [-0.15, -0.1) is 0 Å². The quantitative estimate of drug-likeness (QED) is 0.183. The van der Waals surface area contributed by atoms with Gasteiger partial charge in [-0.05, 0) is 75.2 Å². The van der Waals surface area contributed by atoms with E-state index in [9.17, 15) is 15.0 Å². The number of hydrogen-bond donors (Lipinski definition) is 2. The Balaban J connectivity index is 1.33. The molecule has 4 atom stereocenters. The lowest BCUT2D eigenvalue weighted by molar-refractivity contribution is -0.284. The lowest BCUT2D eigenvalue weighted by Crippen LogP contribution is -2.59. The molecule has 1 aliphatic heterocycles. The first-order valence-corrected chi connectivity index (χ1v) is 16.2. The van der Waals surface area contributed by atoms with E-state index in [4.69, 9.17) is 19.2 Å². The van der Waals surface area contributed by atoms with Crippen LogP contribution in [0.15, 0.2) is 97.2 Å². The Morgan fingerprint density at radius 3 is 2.42 bits per heavy atom. The number of ether oxygens (including phenoxy) is 3. The molecule has 1 aromatic heterocycles. The van der Waals surface area contributed by atoms with Crippen molar-refractivity contribution >= 4 is 22.5 Å². The van der Waals surface area contributed by atoms with Gasteiger partial charge in [-0.1, -0.05) is 66.6 Å². The lowest BCUT2D eigenvalue weighted by atomic mass is 9.82. The zero-order chi connectivity index (χ0) is 34.2. The normalized spacial score (nSPS) is 20.3. The maximum Gasteiger partial charge on any atom is 0.258 e. The molecule has 2 heterocycles. The topological polar surface area (TPSA) is 101 Å². The maximum atomic E-state index is 14.4. The predicted molar refractivity (Wildman–Crippen MR) is 187 cm³/mol. The summed E-state index contributed by atoms with van der Waals surface area (Å²) in [5.41, 5.74) is 6.15. The van der Waals surface area contributed by atoms with Gasteiger partial charge in [-0.25, -0.2) is 0 Å². The van der Waals surface area contributed by atoms with Crippen LogP contribution in [0.4, 0.5) is 5.69 Å². The van der Waals surface area contributed by atoms with E-state index in [1.165, 1.54) is 0 Å². The van der Waals surface area contributed by atoms with E-state index < -0.39 is 24.1 Å². The number of pyridine rings is 1. The highest BCUT2D eigenvalue weighted by Gasteiger charge is 2.47. The molecule has 1 aliphatic rings. The number of aryl methyl sites for hydroxylation is 2. The molecule has 248 valence electrons. The van der Waals surface area contributed by atoms with Crippen molar-refractivity contribution in [2.75, 3.05) is 12.0 Å². The Morgan fingerprint density at radius 2 is 1.69 bits per heavy atom. The van der Waals surface area contributed by atoms with Gasteiger partial charge in [-0.3, -0.25) is 9.78 Å². The Kier molecular flexibility index (Phi) is 9.25. The second-order valence-corrected chi connectivity index (χ2v) is 13.2. The fourth-order valence-corrected chi connectivity index (χ4v) is 6.07. The summed E-state index contributed by atoms with van der Waals surface area (Å²) < 4.78 is 17.7. The van der Waals surface area contributed by atoms with Crippen LogP contribution in [0.2, 0.25) is 0 Å². The Hall–Kier alpha value is -4.76. The highest BCUT2D eigenvalue weighted by atomic mass is 16.7. The number of anilines is 1. The van der Waals surface area contributed by atoms with Crippen LogP contribution < -0.4 is 14.4 Å². The summed E-state index contributed by atoms with van der Waals surface area (Å²) >= 11 is 0. The van der Waals surface area contributed by atoms with Crippen LogP contribution >= 0.6 is 0 Å². The van der Waals surface area contributed by atoms with Crippen molar-refractivity contribution in [1.82, 2.24) is 4.98 Å². The molecule has 8 heteroatoms. The number of amides is 1. The highest BCUT2D eigenvalue weighted by Crippen LogP contribution is 2.36. The molecule has 4 aromatic carbocycles. The monoisotopic (exact) mass is 646 g/mol. The third-order valence-corrected chi connectivity index (χ3v) is 9.34. The van der Waals surface area contributed by atoms with E-state index in [1.807, 2.05) is 101 Å². The summed E-state index contributed by atoms with van der Waals surface area (Å²) in [6.45, 7) is 9.98. The molecule has 0 saturated carbocycles. The Labute approximate surface area is 281 Å². The number of aliphatic hydroxyl groups is 2. The van der Waals surface area contributed by atoms with Crippen molar-refractivity contribution in [1.29, 1.82) is 0 Å². The van der Waals surface area contributed by atoms with Gasteiger partial charge in [0.15, 0.2) is 0 Å². The van der Waals surface area contributed by atoms with Crippen LogP contribution in [0, 0.1) is 19.8 Å². The molecule has 8 nitrogen and oxygen atoms in total. The average molecular weight is 647 g/mol. The number of aliphatic hydroxyl groups excluding tert-OH is 2. The summed E-state index contributed by atoms with van der Waals surface area (Å²) in [4.78, 5) is 20.8. The number of fused-ring (bicyclic) bond motifs is 1. The van der Waals surface area contributed by atoms with Gasteiger partial charge in [0.05, 0.1) is 42.8 Å². The maximum absolute atomic E-state index is 14.4. The molecular formula is C40H42N2O6. The number of benzene rings is 4. The predicted octanol–water partition coefficient (Wildman–Crippen LogP) is 7.25. The molecule has 6 rings (SSSR count). The van der Waals surface area contributed by atoms with Crippen molar-refractivity contribution in [3.63, 3.8) is 0 Å². The van der Waals surface area contributed by atoms with Gasteiger partial charge in [0.2, 0.25) is 6.29 Å². The van der Waals surface area contributed by atoms with Gasteiger partial charge in [0, 0.05) is 28.5 Å². The van der Waals surface area contributed by atoms with Gasteiger partial charge in [0.25, 0.3) is 5.91 Å². The third-order valence-electron chi connectivity index (χ3n) is 9.34. The van der Waals surface area contributed by atoms with Crippen LogP contribution in [-0.4, -0.2) is 52.3 Å². The van der Waals surface area contributed by atoms with E-state index >= 15 is 0 Å². The third kappa shape index (κ3) is 6.78. The van der Waals surface area contributed by atoms with Crippen LogP contribution in [0.3, 0.4) is 0 Å². The number of methoxy groups -OCH3 is 1. The first-order valence-electron chi connectivity index (χ1n) is 16.2. The zero-order valence-corrected chi connectivity index (χ0v) is 28.2. The average Bonchev–Trinajstić information content (AvgIpc) is 3.08. The van der Waals surface area contributed by atoms with Crippen molar-refractivity contribution in [2.24, 2.45) is 5.92 Å². The second kappa shape index (κ2) is 13.4. The second-order valence-electron chi connectivity index (χ2n) is 13.2. The Morgan fingerprint density at radius 1 is 0.917 bits per heavy atom. The smallest absolute Gasteiger partial charge is 0.258 e. The first-order chi connectivity index (χ1) is 22.9. The molecule has 1 unspecified atom stereocenters. The summed E-state index contributed by atoms with van der Waals surface area (Å²) in [5, 5.41) is 22.0. The van der Waals surface area contributed by atoms with E-state index in [0.29, 0.717) is 34.8 Å².